The average Bonchev–Trinajstić information content (AvgIpc) is 2.72. The van der Waals surface area contributed by atoms with Crippen LogP contribution in [0.25, 0.3) is 5.57 Å². The molecule has 146 valence electrons. The quantitative estimate of drug-likeness (QED) is 0.139. The molecule has 28 heavy (non-hydrogen) atoms. The molecule has 0 heterocycles. The van der Waals surface area contributed by atoms with Gasteiger partial charge in [-0.05, 0) is 16.8 Å². The van der Waals surface area contributed by atoms with E-state index in [-0.39, 0.29) is 18.1 Å². The number of carbonyl (C=O) groups is 2. The second-order valence-corrected chi connectivity index (χ2v) is 5.56. The van der Waals surface area contributed by atoms with Crippen LogP contribution in [0.1, 0.15) is 23.6 Å². The third-order valence-corrected chi connectivity index (χ3v) is 3.56. The molecule has 0 aliphatic heterocycles. The van der Waals surface area contributed by atoms with Gasteiger partial charge in [-0.3, -0.25) is 0 Å². The van der Waals surface area contributed by atoms with E-state index in [4.69, 9.17) is 19.0 Å². The van der Waals surface area contributed by atoms with Gasteiger partial charge in [-0.25, -0.2) is 9.59 Å². The molecular weight excluding hydrogens is 362 g/mol. The molecule has 0 aromatic heterocycles. The molecule has 0 N–H and O–H groups in total. The highest BCUT2D eigenvalue weighted by Crippen LogP contribution is 2.23. The van der Waals surface area contributed by atoms with Crippen molar-refractivity contribution in [3.05, 3.63) is 77.5 Å². The van der Waals surface area contributed by atoms with Crippen molar-refractivity contribution in [3.63, 3.8) is 0 Å². The number of ether oxygens (including phenoxy) is 3. The van der Waals surface area contributed by atoms with Crippen LogP contribution in [0, 0.1) is 0 Å². The molecule has 7 nitrogen and oxygen atoms in total. The monoisotopic (exact) mass is 383 g/mol. The second-order valence-electron chi connectivity index (χ2n) is 5.56. The van der Waals surface area contributed by atoms with Crippen molar-refractivity contribution in [1.82, 2.24) is 0 Å². The summed E-state index contributed by atoms with van der Waals surface area (Å²) in [7, 11) is 2.69. The van der Waals surface area contributed by atoms with E-state index in [0.717, 1.165) is 5.56 Å². The smallest absolute Gasteiger partial charge is 0.341 e. The fraction of sp³-hybridized carbons (Fsp3) is 0.190. The molecule has 0 saturated carbocycles. The van der Waals surface area contributed by atoms with Gasteiger partial charge in [-0.15, -0.1) is 0 Å². The van der Waals surface area contributed by atoms with Crippen LogP contribution in [0.15, 0.2) is 66.0 Å². The summed E-state index contributed by atoms with van der Waals surface area (Å²) in [6.45, 7) is 1.42. The summed E-state index contributed by atoms with van der Waals surface area (Å²) in [6.07, 6.45) is 1.27. The van der Waals surface area contributed by atoms with Crippen LogP contribution in [-0.4, -0.2) is 32.1 Å². The topological polar surface area (TPSA) is 83.4 Å². The lowest BCUT2D eigenvalue weighted by Crippen LogP contribution is -2.14. The average molecular weight is 383 g/mol. The van der Waals surface area contributed by atoms with Gasteiger partial charge in [0.1, 0.15) is 12.2 Å². The highest BCUT2D eigenvalue weighted by Gasteiger charge is 2.21. The zero-order chi connectivity index (χ0) is 20.4. The summed E-state index contributed by atoms with van der Waals surface area (Å²) in [6, 6.07) is 16.3. The summed E-state index contributed by atoms with van der Waals surface area (Å²) in [5.74, 6) is -1.15. The first-order valence-corrected chi connectivity index (χ1v) is 8.40. The predicted octanol–water partition coefficient (Wildman–Crippen LogP) is 3.29. The maximum atomic E-state index is 12.2. The van der Waals surface area contributed by atoms with Crippen LogP contribution < -0.4 is 0 Å². The number of rotatable bonds is 7. The first-order valence-electron chi connectivity index (χ1n) is 8.40. The van der Waals surface area contributed by atoms with E-state index in [1.807, 2.05) is 30.3 Å². The molecule has 0 spiro atoms. The molecule has 0 fully saturated rings. The van der Waals surface area contributed by atoms with Gasteiger partial charge in [0, 0.05) is 18.1 Å². The van der Waals surface area contributed by atoms with Crippen molar-refractivity contribution >= 4 is 23.4 Å². The van der Waals surface area contributed by atoms with Crippen LogP contribution in [-0.2, 0) is 35.2 Å². The first kappa shape index (κ1) is 20.7. The van der Waals surface area contributed by atoms with Crippen LogP contribution >= 0.6 is 0 Å². The molecule has 7 heteroatoms. The van der Waals surface area contributed by atoms with Crippen LogP contribution in [0.5, 0.6) is 0 Å². The Kier molecular flexibility index (Phi) is 7.77. The van der Waals surface area contributed by atoms with Gasteiger partial charge in [0.15, 0.2) is 0 Å². The Morgan fingerprint density at radius 1 is 0.964 bits per heavy atom. The number of benzene rings is 2. The molecule has 0 amide bonds. The zero-order valence-electron chi connectivity index (χ0n) is 15.9. The number of hydrogen-bond donors (Lipinski definition) is 0. The lowest BCUT2D eigenvalue weighted by atomic mass is 10.0. The van der Waals surface area contributed by atoms with Crippen molar-refractivity contribution in [1.29, 1.82) is 0 Å². The van der Waals surface area contributed by atoms with Gasteiger partial charge >= 0.3 is 11.9 Å². The second kappa shape index (κ2) is 10.5. The first-order chi connectivity index (χ1) is 13.6. The fourth-order valence-electron chi connectivity index (χ4n) is 2.34. The molecule has 2 rings (SSSR count). The number of oxime groups is 1. The van der Waals surface area contributed by atoms with E-state index in [0.29, 0.717) is 11.1 Å². The van der Waals surface area contributed by atoms with E-state index in [1.165, 1.54) is 27.4 Å². The zero-order valence-corrected chi connectivity index (χ0v) is 15.9. The Morgan fingerprint density at radius 3 is 2.21 bits per heavy atom. The summed E-state index contributed by atoms with van der Waals surface area (Å²) >= 11 is 0. The van der Waals surface area contributed by atoms with Gasteiger partial charge in [0.05, 0.1) is 20.5 Å². The standard InChI is InChI=1S/C21H21NO6/c1-15(23)28-22-20(27-13-16-9-5-4-6-10-16)18-12-8-7-11-17(18)19(14-25-2)21(24)26-3/h4-12,14H,13H2,1-3H3/b19-14+,22-20?. The molecule has 0 unspecified atom stereocenters. The van der Waals surface area contributed by atoms with Crippen LogP contribution in [0.3, 0.4) is 0 Å². The molecule has 2 aromatic rings. The minimum atomic E-state index is -0.598. The molecule has 2 aromatic carbocycles. The van der Waals surface area contributed by atoms with Crippen molar-refractivity contribution in [2.75, 3.05) is 14.2 Å². The molecule has 0 radical (unpaired) electrons. The SMILES string of the molecule is CO/C=C(/C(=O)OC)c1ccccc1C(=NOC(C)=O)OCc1ccccc1. The maximum absolute atomic E-state index is 12.2. The number of esters is 1. The number of methoxy groups -OCH3 is 2. The highest BCUT2D eigenvalue weighted by molar-refractivity contribution is 6.19. The molecular formula is C21H21NO6. The number of carbonyl (C=O) groups excluding carboxylic acids is 2. The van der Waals surface area contributed by atoms with Gasteiger partial charge in [0.25, 0.3) is 5.90 Å². The highest BCUT2D eigenvalue weighted by atomic mass is 16.7. The van der Waals surface area contributed by atoms with E-state index >= 15 is 0 Å². The molecule has 0 aliphatic rings. The minimum Gasteiger partial charge on any atom is -0.503 e. The van der Waals surface area contributed by atoms with Gasteiger partial charge < -0.3 is 19.0 Å². The lowest BCUT2D eigenvalue weighted by Gasteiger charge is -2.14. The van der Waals surface area contributed by atoms with Crippen LogP contribution in [0.2, 0.25) is 0 Å². The Hall–Kier alpha value is -3.61. The third-order valence-electron chi connectivity index (χ3n) is 3.56. The fourth-order valence-corrected chi connectivity index (χ4v) is 2.34. The van der Waals surface area contributed by atoms with E-state index in [1.54, 1.807) is 24.3 Å². The number of nitrogens with zero attached hydrogens (tertiary/aromatic N) is 1. The normalized spacial score (nSPS) is 11.5. The van der Waals surface area contributed by atoms with Crippen molar-refractivity contribution in [3.8, 4) is 0 Å². The largest absolute Gasteiger partial charge is 0.503 e. The Labute approximate surface area is 163 Å². The van der Waals surface area contributed by atoms with Crippen molar-refractivity contribution in [2.45, 2.75) is 13.5 Å². The van der Waals surface area contributed by atoms with Crippen molar-refractivity contribution < 1.29 is 28.6 Å². The van der Waals surface area contributed by atoms with E-state index in [9.17, 15) is 9.59 Å². The Morgan fingerprint density at radius 2 is 1.61 bits per heavy atom. The van der Waals surface area contributed by atoms with Gasteiger partial charge in [-0.2, -0.15) is 0 Å². The Bertz CT molecular complexity index is 873. The third kappa shape index (κ3) is 5.70. The molecule has 0 aliphatic carbocycles. The summed E-state index contributed by atoms with van der Waals surface area (Å²) in [5.41, 5.74) is 1.96. The van der Waals surface area contributed by atoms with Gasteiger partial charge in [-0.1, -0.05) is 48.5 Å². The van der Waals surface area contributed by atoms with Crippen LogP contribution in [0.4, 0.5) is 0 Å². The summed E-state index contributed by atoms with van der Waals surface area (Å²) in [5, 5.41) is 3.82. The lowest BCUT2D eigenvalue weighted by molar-refractivity contribution is -0.141. The van der Waals surface area contributed by atoms with Crippen molar-refractivity contribution in [2.24, 2.45) is 5.16 Å². The molecule has 0 atom stereocenters. The summed E-state index contributed by atoms with van der Waals surface area (Å²) in [4.78, 5) is 28.2. The molecule has 0 saturated heterocycles. The minimum absolute atomic E-state index is 0.0422. The van der Waals surface area contributed by atoms with Gasteiger partial charge in [0.2, 0.25) is 0 Å². The van der Waals surface area contributed by atoms with E-state index in [2.05, 4.69) is 5.16 Å². The number of hydrogen-bond acceptors (Lipinski definition) is 7. The van der Waals surface area contributed by atoms with E-state index < -0.39 is 11.9 Å². The predicted molar refractivity (Wildman–Crippen MR) is 103 cm³/mol. The molecule has 0 bridgehead atoms. The Balaban J connectivity index is 2.45. The maximum Gasteiger partial charge on any atom is 0.341 e. The summed E-state index contributed by atoms with van der Waals surface area (Å²) < 4.78 is 15.6.